The number of carbonyl (C=O) groups is 1. The van der Waals surface area contributed by atoms with Gasteiger partial charge in [0.2, 0.25) is 0 Å². The van der Waals surface area contributed by atoms with Gasteiger partial charge in [0.15, 0.2) is 5.84 Å². The van der Waals surface area contributed by atoms with Gasteiger partial charge in [-0.15, -0.1) is 16.8 Å². The van der Waals surface area contributed by atoms with Crippen LogP contribution in [0.25, 0.3) is 0 Å². The van der Waals surface area contributed by atoms with E-state index in [1.54, 1.807) is 28.2 Å². The van der Waals surface area contributed by atoms with Crippen LogP contribution in [-0.4, -0.2) is 68.9 Å². The van der Waals surface area contributed by atoms with Gasteiger partial charge >= 0.3 is 0 Å². The van der Waals surface area contributed by atoms with Crippen LogP contribution in [0.4, 0.5) is 0 Å². The van der Waals surface area contributed by atoms with Crippen LogP contribution in [0.5, 0.6) is 0 Å². The van der Waals surface area contributed by atoms with E-state index in [2.05, 4.69) is 9.71 Å². The summed E-state index contributed by atoms with van der Waals surface area (Å²) in [5.41, 5.74) is 0.378. The molecule has 1 saturated heterocycles. The number of piperidine rings is 1. The summed E-state index contributed by atoms with van der Waals surface area (Å²) in [5, 5.41) is 3.17. The number of carbonyl (C=O) groups excluding carboxylic acids is 1. The molecule has 7 nitrogen and oxygen atoms in total. The third-order valence-corrected chi connectivity index (χ3v) is 5.63. The minimum absolute atomic E-state index is 0. The van der Waals surface area contributed by atoms with Crippen LogP contribution >= 0.6 is 12.4 Å². The van der Waals surface area contributed by atoms with Crippen molar-refractivity contribution in [2.45, 2.75) is 12.8 Å². The van der Waals surface area contributed by atoms with Crippen molar-refractivity contribution in [2.24, 2.45) is 10.3 Å². The molecule has 0 aromatic rings. The lowest BCUT2D eigenvalue weighted by molar-refractivity contribution is -0.128. The highest BCUT2D eigenvalue weighted by Crippen LogP contribution is 2.22. The normalized spacial score (nSPS) is 23.0. The van der Waals surface area contributed by atoms with Crippen LogP contribution in [0.15, 0.2) is 28.3 Å². The number of hydrogen-bond acceptors (Lipinski definition) is 5. The van der Waals surface area contributed by atoms with Crippen molar-refractivity contribution in [3.8, 4) is 0 Å². The van der Waals surface area contributed by atoms with Crippen LogP contribution in [0.3, 0.4) is 0 Å². The average molecular weight is 375 g/mol. The molecule has 0 saturated carbocycles. The molecule has 0 aliphatic carbocycles. The standard InChI is InChI=1S/C15H22N4O3S.ClH/c1-16-11-12-4-7-19(8-5-12)15(20)13-3-2-6-18-9-10-23(21,22)17-14(13)18;/h2-3,6,12,16H,4-5,7-11H2,1H3;1H. The molecule has 134 valence electrons. The first kappa shape index (κ1) is 19.0. The number of allylic oxidation sites excluding steroid dienone is 2. The third kappa shape index (κ3) is 3.99. The van der Waals surface area contributed by atoms with Crippen molar-refractivity contribution in [3.63, 3.8) is 0 Å². The molecule has 1 fully saturated rings. The minimum Gasteiger partial charge on any atom is -0.339 e. The Labute approximate surface area is 148 Å². The minimum atomic E-state index is -3.47. The summed E-state index contributed by atoms with van der Waals surface area (Å²) >= 11 is 0. The van der Waals surface area contributed by atoms with E-state index in [0.717, 1.165) is 19.4 Å². The Morgan fingerprint density at radius 3 is 2.71 bits per heavy atom. The van der Waals surface area contributed by atoms with Gasteiger partial charge < -0.3 is 15.1 Å². The second kappa shape index (κ2) is 7.67. The highest BCUT2D eigenvalue weighted by atomic mass is 35.5. The van der Waals surface area contributed by atoms with Crippen molar-refractivity contribution in [2.75, 3.05) is 39.0 Å². The van der Waals surface area contributed by atoms with E-state index in [1.807, 2.05) is 7.05 Å². The average Bonchev–Trinajstić information content (AvgIpc) is 2.54. The first-order valence-electron chi connectivity index (χ1n) is 7.92. The lowest BCUT2D eigenvalue weighted by Crippen LogP contribution is -2.46. The van der Waals surface area contributed by atoms with Crippen LogP contribution in [0.1, 0.15) is 12.8 Å². The fourth-order valence-corrected chi connectivity index (χ4v) is 4.17. The Morgan fingerprint density at radius 1 is 1.33 bits per heavy atom. The Kier molecular flexibility index (Phi) is 6.06. The lowest BCUT2D eigenvalue weighted by Gasteiger charge is -2.35. The topological polar surface area (TPSA) is 82.1 Å². The Hall–Kier alpha value is -1.38. The number of hydrogen-bond donors (Lipinski definition) is 1. The molecule has 3 aliphatic heterocycles. The molecule has 24 heavy (non-hydrogen) atoms. The largest absolute Gasteiger partial charge is 0.339 e. The van der Waals surface area contributed by atoms with E-state index < -0.39 is 10.0 Å². The van der Waals surface area contributed by atoms with E-state index in [0.29, 0.717) is 31.1 Å². The zero-order chi connectivity index (χ0) is 16.4. The Balaban J connectivity index is 0.00000208. The molecule has 3 rings (SSSR count). The van der Waals surface area contributed by atoms with E-state index in [1.165, 1.54) is 0 Å². The van der Waals surface area contributed by atoms with Gasteiger partial charge in [0, 0.05) is 25.8 Å². The fraction of sp³-hybridized carbons (Fsp3) is 0.600. The van der Waals surface area contributed by atoms with Crippen LogP contribution in [-0.2, 0) is 14.8 Å². The highest BCUT2D eigenvalue weighted by molar-refractivity contribution is 7.90. The third-order valence-electron chi connectivity index (χ3n) is 4.48. The maximum absolute atomic E-state index is 12.8. The summed E-state index contributed by atoms with van der Waals surface area (Å²) in [7, 11) is -1.54. The van der Waals surface area contributed by atoms with Crippen LogP contribution in [0, 0.1) is 5.92 Å². The molecule has 1 N–H and O–H groups in total. The van der Waals surface area contributed by atoms with Gasteiger partial charge in [0.25, 0.3) is 15.9 Å². The van der Waals surface area contributed by atoms with Crippen molar-refractivity contribution in [1.82, 2.24) is 15.1 Å². The van der Waals surface area contributed by atoms with Gasteiger partial charge in [0.1, 0.15) is 0 Å². The van der Waals surface area contributed by atoms with Crippen molar-refractivity contribution >= 4 is 34.2 Å². The molecule has 0 aromatic carbocycles. The second-order valence-corrected chi connectivity index (χ2v) is 7.86. The summed E-state index contributed by atoms with van der Waals surface area (Å²) in [5.74, 6) is 0.713. The first-order chi connectivity index (χ1) is 11.0. The van der Waals surface area contributed by atoms with Gasteiger partial charge in [-0.2, -0.15) is 0 Å². The fourth-order valence-electron chi connectivity index (χ4n) is 3.18. The molecule has 3 aliphatic rings. The van der Waals surface area contributed by atoms with Gasteiger partial charge in [-0.3, -0.25) is 4.79 Å². The van der Waals surface area contributed by atoms with Gasteiger partial charge in [-0.05, 0) is 44.5 Å². The zero-order valence-electron chi connectivity index (χ0n) is 13.6. The summed E-state index contributed by atoms with van der Waals surface area (Å²) in [6.07, 6.45) is 7.13. The van der Waals surface area contributed by atoms with Crippen LogP contribution < -0.4 is 5.32 Å². The number of halogens is 1. The number of likely N-dealkylation sites (tertiary alicyclic amines) is 1. The maximum Gasteiger partial charge on any atom is 0.257 e. The van der Waals surface area contributed by atoms with Crippen molar-refractivity contribution in [1.29, 1.82) is 0 Å². The maximum atomic E-state index is 12.8. The molecule has 0 atom stereocenters. The smallest absolute Gasteiger partial charge is 0.257 e. The van der Waals surface area contributed by atoms with E-state index in [9.17, 15) is 13.2 Å². The summed E-state index contributed by atoms with van der Waals surface area (Å²) in [4.78, 5) is 16.3. The van der Waals surface area contributed by atoms with Gasteiger partial charge in [0.05, 0.1) is 11.3 Å². The quantitative estimate of drug-likeness (QED) is 0.771. The SMILES string of the molecule is CNCC1CCN(C(=O)C2=CC=CN3CCS(=O)(=O)N=C23)CC1.Cl. The number of amides is 1. The number of sulfonamides is 1. The van der Waals surface area contributed by atoms with Crippen molar-refractivity contribution < 1.29 is 13.2 Å². The highest BCUT2D eigenvalue weighted by Gasteiger charge is 2.33. The number of nitrogens with one attached hydrogen (secondary N) is 1. The Morgan fingerprint density at radius 2 is 2.04 bits per heavy atom. The number of rotatable bonds is 3. The number of amidine groups is 1. The monoisotopic (exact) mass is 374 g/mol. The molecule has 0 bridgehead atoms. The predicted molar refractivity (Wildman–Crippen MR) is 95.6 cm³/mol. The molecule has 9 heteroatoms. The van der Waals surface area contributed by atoms with Gasteiger partial charge in [-0.1, -0.05) is 0 Å². The second-order valence-electron chi connectivity index (χ2n) is 6.11. The molecule has 0 spiro atoms. The molecule has 0 radical (unpaired) electrons. The number of nitrogens with zero attached hydrogens (tertiary/aromatic N) is 3. The summed E-state index contributed by atoms with van der Waals surface area (Å²) < 4.78 is 27.4. The molecule has 3 heterocycles. The molecular formula is C15H23ClN4O3S. The molecule has 1 amide bonds. The molecular weight excluding hydrogens is 352 g/mol. The number of fused-ring (bicyclic) bond motifs is 1. The molecule has 0 aromatic heterocycles. The van der Waals surface area contributed by atoms with E-state index >= 15 is 0 Å². The predicted octanol–water partition coefficient (Wildman–Crippen LogP) is 0.364. The van der Waals surface area contributed by atoms with Crippen molar-refractivity contribution in [3.05, 3.63) is 23.9 Å². The van der Waals surface area contributed by atoms with E-state index in [-0.39, 0.29) is 29.9 Å². The zero-order valence-corrected chi connectivity index (χ0v) is 15.3. The van der Waals surface area contributed by atoms with E-state index in [4.69, 9.17) is 0 Å². The molecule has 0 unspecified atom stereocenters. The summed E-state index contributed by atoms with van der Waals surface area (Å²) in [6, 6.07) is 0. The summed E-state index contributed by atoms with van der Waals surface area (Å²) in [6.45, 7) is 2.71. The first-order valence-corrected chi connectivity index (χ1v) is 9.53. The van der Waals surface area contributed by atoms with Gasteiger partial charge in [-0.25, -0.2) is 8.42 Å². The lowest BCUT2D eigenvalue weighted by atomic mass is 9.96. The van der Waals surface area contributed by atoms with Crippen LogP contribution in [0.2, 0.25) is 0 Å². The Bertz CT molecular complexity index is 679.